The summed E-state index contributed by atoms with van der Waals surface area (Å²) in [4.78, 5) is 29.1. The van der Waals surface area contributed by atoms with E-state index in [-0.39, 0.29) is 11.9 Å². The van der Waals surface area contributed by atoms with Gasteiger partial charge in [-0.25, -0.2) is 9.97 Å². The van der Waals surface area contributed by atoms with Crippen LogP contribution in [0, 0.1) is 6.92 Å². The molecular weight excluding hydrogens is 416 g/mol. The van der Waals surface area contributed by atoms with Crippen LogP contribution in [-0.2, 0) is 9.53 Å². The highest BCUT2D eigenvalue weighted by atomic mass is 16.5. The number of ether oxygens (including phenoxy) is 1. The molecule has 1 amide bonds. The second-order valence-corrected chi connectivity index (χ2v) is 9.21. The SMILES string of the molecule is Cc1cc(N2CCN(C(C)C(=O)Nc3ccc(N4CCOCC4)cc3)CC2)nc(C(C)C)n1. The van der Waals surface area contributed by atoms with Crippen molar-refractivity contribution >= 4 is 23.1 Å². The van der Waals surface area contributed by atoms with E-state index in [0.717, 1.165) is 75.5 Å². The standard InChI is InChI=1S/C25H36N6O2/c1-18(2)24-26-19(3)17-23(28-24)31-11-9-29(10-12-31)20(4)25(32)27-21-5-7-22(8-6-21)30-13-15-33-16-14-30/h5-8,17-18,20H,9-16H2,1-4H3,(H,27,32). The molecule has 33 heavy (non-hydrogen) atoms. The summed E-state index contributed by atoms with van der Waals surface area (Å²) in [5, 5.41) is 3.08. The van der Waals surface area contributed by atoms with Crippen molar-refractivity contribution in [1.82, 2.24) is 14.9 Å². The summed E-state index contributed by atoms with van der Waals surface area (Å²) < 4.78 is 5.42. The van der Waals surface area contributed by atoms with Crippen molar-refractivity contribution in [1.29, 1.82) is 0 Å². The number of hydrogen-bond acceptors (Lipinski definition) is 7. The minimum Gasteiger partial charge on any atom is -0.378 e. The predicted molar refractivity (Wildman–Crippen MR) is 132 cm³/mol. The highest BCUT2D eigenvalue weighted by Crippen LogP contribution is 2.21. The van der Waals surface area contributed by atoms with Crippen LogP contribution in [-0.4, -0.2) is 79.3 Å². The fraction of sp³-hybridized carbons (Fsp3) is 0.560. The second kappa shape index (κ2) is 10.5. The summed E-state index contributed by atoms with van der Waals surface area (Å²) in [7, 11) is 0. The first-order valence-electron chi connectivity index (χ1n) is 12.0. The van der Waals surface area contributed by atoms with Gasteiger partial charge in [-0.05, 0) is 38.1 Å². The number of nitrogens with one attached hydrogen (secondary N) is 1. The van der Waals surface area contributed by atoms with Crippen LogP contribution in [0.2, 0.25) is 0 Å². The molecule has 2 fully saturated rings. The molecule has 0 saturated carbocycles. The van der Waals surface area contributed by atoms with Gasteiger partial charge in [0.1, 0.15) is 11.6 Å². The van der Waals surface area contributed by atoms with Crippen molar-refractivity contribution in [3.8, 4) is 0 Å². The Bertz CT molecular complexity index is 934. The van der Waals surface area contributed by atoms with Gasteiger partial charge in [-0.1, -0.05) is 13.8 Å². The number of morpholine rings is 1. The minimum absolute atomic E-state index is 0.0301. The fourth-order valence-corrected chi connectivity index (χ4v) is 4.32. The molecule has 1 atom stereocenters. The van der Waals surface area contributed by atoms with Crippen molar-refractivity contribution < 1.29 is 9.53 Å². The molecule has 2 aromatic rings. The summed E-state index contributed by atoms with van der Waals surface area (Å²) in [5.41, 5.74) is 3.00. The van der Waals surface area contributed by atoms with Crippen LogP contribution >= 0.6 is 0 Å². The zero-order chi connectivity index (χ0) is 23.4. The maximum Gasteiger partial charge on any atom is 0.241 e. The quantitative estimate of drug-likeness (QED) is 0.722. The monoisotopic (exact) mass is 452 g/mol. The van der Waals surface area contributed by atoms with E-state index in [1.54, 1.807) is 0 Å². The molecule has 1 unspecified atom stereocenters. The van der Waals surface area contributed by atoms with Crippen LogP contribution in [0.5, 0.6) is 0 Å². The van der Waals surface area contributed by atoms with Gasteiger partial charge in [0, 0.05) is 68.3 Å². The summed E-state index contributed by atoms with van der Waals surface area (Å²) in [6.45, 7) is 14.9. The Kier molecular flexibility index (Phi) is 7.45. The number of nitrogens with zero attached hydrogens (tertiary/aromatic N) is 5. The van der Waals surface area contributed by atoms with Crippen molar-refractivity contribution in [3.05, 3.63) is 41.9 Å². The number of aryl methyl sites for hydroxylation is 1. The number of carbonyl (C=O) groups is 1. The Morgan fingerprint density at radius 3 is 2.24 bits per heavy atom. The molecule has 8 heteroatoms. The van der Waals surface area contributed by atoms with E-state index < -0.39 is 0 Å². The third-order valence-corrected chi connectivity index (χ3v) is 6.45. The number of carbonyl (C=O) groups excluding carboxylic acids is 1. The topological polar surface area (TPSA) is 73.8 Å². The van der Waals surface area contributed by atoms with Gasteiger partial charge in [0.15, 0.2) is 0 Å². The lowest BCUT2D eigenvalue weighted by molar-refractivity contribution is -0.120. The van der Waals surface area contributed by atoms with Gasteiger partial charge in [0.2, 0.25) is 5.91 Å². The molecule has 178 valence electrons. The molecule has 0 bridgehead atoms. The molecule has 0 radical (unpaired) electrons. The fourth-order valence-electron chi connectivity index (χ4n) is 4.32. The largest absolute Gasteiger partial charge is 0.378 e. The number of benzene rings is 1. The summed E-state index contributed by atoms with van der Waals surface area (Å²) in [5.74, 6) is 2.21. The van der Waals surface area contributed by atoms with Gasteiger partial charge < -0.3 is 19.9 Å². The molecule has 1 aromatic carbocycles. The predicted octanol–water partition coefficient (Wildman–Crippen LogP) is 2.89. The van der Waals surface area contributed by atoms with Gasteiger partial charge in [0.25, 0.3) is 0 Å². The first-order valence-corrected chi connectivity index (χ1v) is 12.0. The van der Waals surface area contributed by atoms with E-state index in [9.17, 15) is 4.79 Å². The molecule has 0 aliphatic carbocycles. The Labute approximate surface area is 196 Å². The van der Waals surface area contributed by atoms with Crippen LogP contribution in [0.25, 0.3) is 0 Å². The van der Waals surface area contributed by atoms with Gasteiger partial charge >= 0.3 is 0 Å². The molecule has 2 saturated heterocycles. The first-order chi connectivity index (χ1) is 15.9. The Balaban J connectivity index is 1.30. The molecule has 0 spiro atoms. The normalized spacial score (nSPS) is 18.5. The van der Waals surface area contributed by atoms with E-state index in [2.05, 4.69) is 57.0 Å². The van der Waals surface area contributed by atoms with Crippen molar-refractivity contribution in [2.45, 2.75) is 39.7 Å². The van der Waals surface area contributed by atoms with Crippen molar-refractivity contribution in [2.75, 3.05) is 67.6 Å². The maximum atomic E-state index is 12.9. The van der Waals surface area contributed by atoms with Gasteiger partial charge in [-0.15, -0.1) is 0 Å². The Morgan fingerprint density at radius 2 is 1.61 bits per heavy atom. The molecule has 1 aromatic heterocycles. The molecular formula is C25H36N6O2. The van der Waals surface area contributed by atoms with E-state index in [1.807, 2.05) is 26.0 Å². The second-order valence-electron chi connectivity index (χ2n) is 9.21. The van der Waals surface area contributed by atoms with E-state index in [1.165, 1.54) is 5.69 Å². The number of amides is 1. The van der Waals surface area contributed by atoms with Crippen LogP contribution in [0.3, 0.4) is 0 Å². The third kappa shape index (κ3) is 5.81. The van der Waals surface area contributed by atoms with Gasteiger partial charge in [-0.2, -0.15) is 0 Å². The van der Waals surface area contributed by atoms with Crippen molar-refractivity contribution in [3.63, 3.8) is 0 Å². The highest BCUT2D eigenvalue weighted by molar-refractivity contribution is 5.94. The van der Waals surface area contributed by atoms with E-state index >= 15 is 0 Å². The lowest BCUT2D eigenvalue weighted by Gasteiger charge is -2.38. The molecule has 8 nitrogen and oxygen atoms in total. The minimum atomic E-state index is -0.190. The van der Waals surface area contributed by atoms with E-state index in [0.29, 0.717) is 5.92 Å². The molecule has 2 aliphatic rings. The number of rotatable bonds is 6. The van der Waals surface area contributed by atoms with Gasteiger partial charge in [0.05, 0.1) is 19.3 Å². The first kappa shape index (κ1) is 23.4. The number of piperazine rings is 1. The van der Waals surface area contributed by atoms with Crippen LogP contribution < -0.4 is 15.1 Å². The van der Waals surface area contributed by atoms with Crippen molar-refractivity contribution in [2.24, 2.45) is 0 Å². The molecule has 1 N–H and O–H groups in total. The summed E-state index contributed by atoms with van der Waals surface area (Å²) >= 11 is 0. The summed E-state index contributed by atoms with van der Waals surface area (Å²) in [6, 6.07) is 9.97. The zero-order valence-electron chi connectivity index (χ0n) is 20.3. The van der Waals surface area contributed by atoms with E-state index in [4.69, 9.17) is 9.72 Å². The zero-order valence-corrected chi connectivity index (χ0v) is 20.3. The lowest BCUT2D eigenvalue weighted by Crippen LogP contribution is -2.53. The summed E-state index contributed by atoms with van der Waals surface area (Å²) in [6.07, 6.45) is 0. The van der Waals surface area contributed by atoms with Crippen LogP contribution in [0.1, 0.15) is 38.2 Å². The average Bonchev–Trinajstić information content (AvgIpc) is 2.84. The molecule has 3 heterocycles. The van der Waals surface area contributed by atoms with Gasteiger partial charge in [-0.3, -0.25) is 9.69 Å². The maximum absolute atomic E-state index is 12.9. The number of hydrogen-bond donors (Lipinski definition) is 1. The third-order valence-electron chi connectivity index (χ3n) is 6.45. The smallest absolute Gasteiger partial charge is 0.241 e. The number of aromatic nitrogens is 2. The highest BCUT2D eigenvalue weighted by Gasteiger charge is 2.26. The van der Waals surface area contributed by atoms with Crippen LogP contribution in [0.4, 0.5) is 17.2 Å². The Morgan fingerprint density at radius 1 is 0.939 bits per heavy atom. The lowest BCUT2D eigenvalue weighted by atomic mass is 10.2. The molecule has 2 aliphatic heterocycles. The average molecular weight is 453 g/mol. The molecule has 4 rings (SSSR count). The van der Waals surface area contributed by atoms with Crippen LogP contribution in [0.15, 0.2) is 30.3 Å². The Hall–Kier alpha value is -2.71. The number of anilines is 3.